The quantitative estimate of drug-likeness (QED) is 0.799. The van der Waals surface area contributed by atoms with E-state index in [1.807, 2.05) is 0 Å². The minimum atomic E-state index is 0.577. The van der Waals surface area contributed by atoms with Crippen LogP contribution in [-0.4, -0.2) is 20.6 Å². The molecule has 0 radical (unpaired) electrons. The summed E-state index contributed by atoms with van der Waals surface area (Å²) in [7, 11) is 4.23. The lowest BCUT2D eigenvalue weighted by atomic mass is 9.82. The van der Waals surface area contributed by atoms with Crippen LogP contribution in [-0.2, 0) is 6.42 Å². The number of hydrogen-bond acceptors (Lipinski definition) is 2. The maximum Gasteiger partial charge on any atom is 0.0396 e. The molecule has 15 heavy (non-hydrogen) atoms. The van der Waals surface area contributed by atoms with E-state index in [2.05, 4.69) is 37.2 Å². The molecule has 0 saturated heterocycles. The predicted octanol–water partition coefficient (Wildman–Crippen LogP) is 2.13. The molecule has 2 N–H and O–H groups in total. The van der Waals surface area contributed by atoms with Crippen molar-refractivity contribution in [2.24, 2.45) is 5.73 Å². The van der Waals surface area contributed by atoms with Crippen LogP contribution in [0.4, 0.5) is 5.69 Å². The average molecular weight is 204 g/mol. The Morgan fingerprint density at radius 2 is 2.20 bits per heavy atom. The topological polar surface area (TPSA) is 29.3 Å². The average Bonchev–Trinajstić information content (AvgIpc) is 2.27. The van der Waals surface area contributed by atoms with Crippen LogP contribution in [0.5, 0.6) is 0 Å². The number of hydrogen-bond donors (Lipinski definition) is 1. The van der Waals surface area contributed by atoms with E-state index in [-0.39, 0.29) is 0 Å². The first-order valence-corrected chi connectivity index (χ1v) is 5.73. The minimum absolute atomic E-state index is 0.577. The van der Waals surface area contributed by atoms with Gasteiger partial charge in [0.25, 0.3) is 0 Å². The molecule has 0 bridgehead atoms. The van der Waals surface area contributed by atoms with Crippen LogP contribution in [0.3, 0.4) is 0 Å². The van der Waals surface area contributed by atoms with E-state index < -0.39 is 0 Å². The van der Waals surface area contributed by atoms with E-state index in [0.29, 0.717) is 5.92 Å². The maximum absolute atomic E-state index is 5.83. The van der Waals surface area contributed by atoms with Crippen LogP contribution in [0.1, 0.15) is 29.9 Å². The molecular formula is C13H20N2. The summed E-state index contributed by atoms with van der Waals surface area (Å²) in [5.41, 5.74) is 10.2. The predicted molar refractivity (Wildman–Crippen MR) is 65.5 cm³/mol. The third kappa shape index (κ3) is 1.86. The molecule has 1 aliphatic carbocycles. The molecular weight excluding hydrogens is 184 g/mol. The Hall–Kier alpha value is -1.02. The third-order valence-electron chi connectivity index (χ3n) is 3.37. The Labute approximate surface area is 92.1 Å². The molecule has 2 rings (SSSR count). The summed E-state index contributed by atoms with van der Waals surface area (Å²) < 4.78 is 0. The van der Waals surface area contributed by atoms with Gasteiger partial charge >= 0.3 is 0 Å². The molecule has 0 aromatic heterocycles. The second kappa shape index (κ2) is 4.23. The van der Waals surface area contributed by atoms with E-state index >= 15 is 0 Å². The zero-order valence-corrected chi connectivity index (χ0v) is 9.66. The van der Waals surface area contributed by atoms with Crippen LogP contribution >= 0.6 is 0 Å². The van der Waals surface area contributed by atoms with Crippen molar-refractivity contribution in [2.75, 3.05) is 25.5 Å². The molecule has 82 valence electrons. The number of benzene rings is 1. The van der Waals surface area contributed by atoms with Gasteiger partial charge in [-0.25, -0.2) is 0 Å². The fraction of sp³-hybridized carbons (Fsp3) is 0.538. The Morgan fingerprint density at radius 3 is 2.87 bits per heavy atom. The molecule has 1 unspecified atom stereocenters. The standard InChI is InChI=1S/C13H20N2/c1-15(2)13-8-4-6-11-10(9-14)5-3-7-12(11)13/h4,6,8,10H,3,5,7,9,14H2,1-2H3. The Balaban J connectivity index is 2.46. The van der Waals surface area contributed by atoms with Gasteiger partial charge in [-0.15, -0.1) is 0 Å². The smallest absolute Gasteiger partial charge is 0.0396 e. The lowest BCUT2D eigenvalue weighted by molar-refractivity contribution is 0.560. The zero-order valence-electron chi connectivity index (χ0n) is 9.66. The van der Waals surface area contributed by atoms with Crippen molar-refractivity contribution in [3.8, 4) is 0 Å². The van der Waals surface area contributed by atoms with E-state index in [1.54, 1.807) is 0 Å². The van der Waals surface area contributed by atoms with Crippen LogP contribution in [0, 0.1) is 0 Å². The molecule has 0 aliphatic heterocycles. The molecule has 2 nitrogen and oxygen atoms in total. The molecule has 1 aromatic carbocycles. The SMILES string of the molecule is CN(C)c1cccc2c1CCCC2CN. The van der Waals surface area contributed by atoms with Gasteiger partial charge in [-0.05, 0) is 48.9 Å². The van der Waals surface area contributed by atoms with Gasteiger partial charge in [0.1, 0.15) is 0 Å². The molecule has 2 heteroatoms. The summed E-state index contributed by atoms with van der Waals surface area (Å²) in [6.45, 7) is 0.782. The number of nitrogens with two attached hydrogens (primary N) is 1. The Morgan fingerprint density at radius 1 is 1.40 bits per heavy atom. The highest BCUT2D eigenvalue weighted by molar-refractivity contribution is 5.57. The van der Waals surface area contributed by atoms with Crippen LogP contribution in [0.2, 0.25) is 0 Å². The summed E-state index contributed by atoms with van der Waals surface area (Å²) in [4.78, 5) is 2.21. The molecule has 0 saturated carbocycles. The summed E-state index contributed by atoms with van der Waals surface area (Å²) in [5, 5.41) is 0. The van der Waals surface area contributed by atoms with Crippen LogP contribution in [0.15, 0.2) is 18.2 Å². The zero-order chi connectivity index (χ0) is 10.8. The molecule has 0 spiro atoms. The largest absolute Gasteiger partial charge is 0.377 e. The van der Waals surface area contributed by atoms with Crippen molar-refractivity contribution in [1.82, 2.24) is 0 Å². The van der Waals surface area contributed by atoms with Crippen molar-refractivity contribution in [2.45, 2.75) is 25.2 Å². The monoisotopic (exact) mass is 204 g/mol. The lowest BCUT2D eigenvalue weighted by Gasteiger charge is -2.28. The van der Waals surface area contributed by atoms with Gasteiger partial charge in [0.15, 0.2) is 0 Å². The fourth-order valence-corrected chi connectivity index (χ4v) is 2.59. The second-order valence-corrected chi connectivity index (χ2v) is 4.56. The third-order valence-corrected chi connectivity index (χ3v) is 3.37. The van der Waals surface area contributed by atoms with Crippen molar-refractivity contribution < 1.29 is 0 Å². The second-order valence-electron chi connectivity index (χ2n) is 4.56. The van der Waals surface area contributed by atoms with Crippen LogP contribution in [0.25, 0.3) is 0 Å². The first-order valence-electron chi connectivity index (χ1n) is 5.73. The Kier molecular flexibility index (Phi) is 2.96. The van der Waals surface area contributed by atoms with Gasteiger partial charge in [0.2, 0.25) is 0 Å². The molecule has 1 aromatic rings. The first kappa shape index (κ1) is 10.5. The van der Waals surface area contributed by atoms with Gasteiger partial charge < -0.3 is 10.6 Å². The number of nitrogens with zero attached hydrogens (tertiary/aromatic N) is 1. The van der Waals surface area contributed by atoms with Crippen molar-refractivity contribution >= 4 is 5.69 Å². The summed E-state index contributed by atoms with van der Waals surface area (Å²) in [6, 6.07) is 6.61. The van der Waals surface area contributed by atoms with Crippen molar-refractivity contribution in [3.63, 3.8) is 0 Å². The van der Waals surface area contributed by atoms with Gasteiger partial charge in [-0.3, -0.25) is 0 Å². The summed E-state index contributed by atoms with van der Waals surface area (Å²) in [6.07, 6.45) is 3.74. The van der Waals surface area contributed by atoms with Gasteiger partial charge in [-0.2, -0.15) is 0 Å². The van der Waals surface area contributed by atoms with E-state index in [9.17, 15) is 0 Å². The highest BCUT2D eigenvalue weighted by Gasteiger charge is 2.21. The Bertz CT molecular complexity index is 344. The van der Waals surface area contributed by atoms with Crippen molar-refractivity contribution in [3.05, 3.63) is 29.3 Å². The molecule has 1 atom stereocenters. The van der Waals surface area contributed by atoms with Crippen LogP contribution < -0.4 is 10.6 Å². The number of rotatable bonds is 2. The molecule has 0 amide bonds. The summed E-state index contributed by atoms with van der Waals surface area (Å²) >= 11 is 0. The number of anilines is 1. The lowest BCUT2D eigenvalue weighted by Crippen LogP contribution is -2.21. The maximum atomic E-state index is 5.83. The first-order chi connectivity index (χ1) is 7.24. The molecule has 0 fully saturated rings. The van der Waals surface area contributed by atoms with E-state index in [1.165, 1.54) is 36.1 Å². The van der Waals surface area contributed by atoms with Gasteiger partial charge in [-0.1, -0.05) is 12.1 Å². The minimum Gasteiger partial charge on any atom is -0.377 e. The fourth-order valence-electron chi connectivity index (χ4n) is 2.59. The van der Waals surface area contributed by atoms with Gasteiger partial charge in [0.05, 0.1) is 0 Å². The highest BCUT2D eigenvalue weighted by Crippen LogP contribution is 2.35. The van der Waals surface area contributed by atoms with Gasteiger partial charge in [0, 0.05) is 19.8 Å². The molecule has 0 heterocycles. The molecule has 1 aliphatic rings. The van der Waals surface area contributed by atoms with E-state index in [4.69, 9.17) is 5.73 Å². The van der Waals surface area contributed by atoms with Crippen molar-refractivity contribution in [1.29, 1.82) is 0 Å². The highest BCUT2D eigenvalue weighted by atomic mass is 15.1. The normalized spacial score (nSPS) is 19.8. The number of fused-ring (bicyclic) bond motifs is 1. The van der Waals surface area contributed by atoms with E-state index in [0.717, 1.165) is 6.54 Å². The summed E-state index contributed by atoms with van der Waals surface area (Å²) in [5.74, 6) is 0.577.